The first kappa shape index (κ1) is 9.24. The maximum atomic E-state index is 9.18. The van der Waals surface area contributed by atoms with Crippen molar-refractivity contribution in [1.82, 2.24) is 0 Å². The number of azide groups is 1. The average molecular weight is 175 g/mol. The van der Waals surface area contributed by atoms with Gasteiger partial charge in [0.2, 0.25) is 0 Å². The molecule has 1 aliphatic rings. The molecule has 7 heteroatoms. The van der Waals surface area contributed by atoms with Crippen LogP contribution in [0, 0.1) is 0 Å². The lowest BCUT2D eigenvalue weighted by atomic mass is 10.0. The van der Waals surface area contributed by atoms with Gasteiger partial charge in [0.25, 0.3) is 0 Å². The molecule has 0 aromatic carbocycles. The first-order valence-electron chi connectivity index (χ1n) is 3.37. The third-order valence-electron chi connectivity index (χ3n) is 1.66. The molecule has 1 aliphatic heterocycles. The van der Waals surface area contributed by atoms with Crippen LogP contribution < -0.4 is 0 Å². The zero-order valence-electron chi connectivity index (χ0n) is 6.11. The predicted octanol–water partition coefficient (Wildman–Crippen LogP) is -1.26. The van der Waals surface area contributed by atoms with Crippen LogP contribution in [0.4, 0.5) is 0 Å². The van der Waals surface area contributed by atoms with E-state index in [1.807, 2.05) is 0 Å². The van der Waals surface area contributed by atoms with Crippen LogP contribution in [0.3, 0.4) is 0 Å². The van der Waals surface area contributed by atoms with Crippen LogP contribution in [0.25, 0.3) is 10.4 Å². The second-order valence-corrected chi connectivity index (χ2v) is 2.48. The second kappa shape index (κ2) is 3.70. The van der Waals surface area contributed by atoms with Crippen molar-refractivity contribution >= 4 is 0 Å². The van der Waals surface area contributed by atoms with Crippen LogP contribution in [0.1, 0.15) is 0 Å². The summed E-state index contributed by atoms with van der Waals surface area (Å²) >= 11 is 0. The molecule has 0 amide bonds. The van der Waals surface area contributed by atoms with Crippen molar-refractivity contribution in [3.05, 3.63) is 10.4 Å². The molecule has 1 rings (SSSR count). The summed E-state index contributed by atoms with van der Waals surface area (Å²) in [6.07, 6.45) is -3.74. The van der Waals surface area contributed by atoms with E-state index in [-0.39, 0.29) is 6.61 Å². The van der Waals surface area contributed by atoms with E-state index in [2.05, 4.69) is 14.8 Å². The quantitative estimate of drug-likeness (QED) is 0.261. The van der Waals surface area contributed by atoms with Gasteiger partial charge in [-0.2, -0.15) is 0 Å². The summed E-state index contributed by atoms with van der Waals surface area (Å²) in [4.78, 5) is 2.41. The van der Waals surface area contributed by atoms with Gasteiger partial charge in [0.05, 0.1) is 12.7 Å². The zero-order valence-corrected chi connectivity index (χ0v) is 6.11. The lowest BCUT2D eigenvalue weighted by Crippen LogP contribution is -2.51. The lowest BCUT2D eigenvalue weighted by Gasteiger charge is -2.32. The summed E-state index contributed by atoms with van der Waals surface area (Å²) in [6.45, 7) is -0.167. The van der Waals surface area contributed by atoms with E-state index in [4.69, 9.17) is 15.7 Å². The van der Waals surface area contributed by atoms with Crippen molar-refractivity contribution in [3.8, 4) is 0 Å². The summed E-state index contributed by atoms with van der Waals surface area (Å²) < 4.78 is 4.61. The third kappa shape index (κ3) is 1.66. The van der Waals surface area contributed by atoms with Gasteiger partial charge in [-0.05, 0) is 5.53 Å². The molecule has 3 N–H and O–H groups in total. The van der Waals surface area contributed by atoms with Gasteiger partial charge in [-0.15, -0.1) is 0 Å². The summed E-state index contributed by atoms with van der Waals surface area (Å²) in [5.74, 6) is 0. The van der Waals surface area contributed by atoms with Crippen molar-refractivity contribution in [3.63, 3.8) is 0 Å². The van der Waals surface area contributed by atoms with Gasteiger partial charge in [0, 0.05) is 4.91 Å². The first-order chi connectivity index (χ1) is 5.66. The number of nitrogens with zero attached hydrogens (tertiary/aromatic N) is 3. The lowest BCUT2D eigenvalue weighted by molar-refractivity contribution is -0.204. The van der Waals surface area contributed by atoms with E-state index < -0.39 is 24.5 Å². The smallest absolute Gasteiger partial charge is 0.165 e. The Bertz CT molecular complexity index is 205. The fourth-order valence-corrected chi connectivity index (χ4v) is 0.976. The molecular weight excluding hydrogens is 166 g/mol. The fourth-order valence-electron chi connectivity index (χ4n) is 0.976. The Labute approximate surface area is 67.8 Å². The minimum atomic E-state index is -1.35. The fraction of sp³-hybridized carbons (Fsp3) is 1.00. The van der Waals surface area contributed by atoms with E-state index in [9.17, 15) is 5.11 Å². The largest absolute Gasteiger partial charge is 0.390 e. The molecule has 0 bridgehead atoms. The summed E-state index contributed by atoms with van der Waals surface area (Å²) in [5.41, 5.74) is 8.04. The molecule has 4 atom stereocenters. The van der Waals surface area contributed by atoms with Gasteiger partial charge in [0.15, 0.2) is 6.29 Å². The second-order valence-electron chi connectivity index (χ2n) is 2.48. The van der Waals surface area contributed by atoms with Crippen molar-refractivity contribution in [1.29, 1.82) is 0 Å². The van der Waals surface area contributed by atoms with Crippen molar-refractivity contribution in [2.24, 2.45) is 5.11 Å². The Morgan fingerprint density at radius 1 is 1.42 bits per heavy atom. The van der Waals surface area contributed by atoms with Crippen LogP contribution in [0.15, 0.2) is 5.11 Å². The van der Waals surface area contributed by atoms with Gasteiger partial charge < -0.3 is 20.1 Å². The monoisotopic (exact) mass is 175 g/mol. The Hall–Kier alpha value is -0.850. The number of hydrogen-bond donors (Lipinski definition) is 3. The van der Waals surface area contributed by atoms with Crippen LogP contribution >= 0.6 is 0 Å². The van der Waals surface area contributed by atoms with Crippen LogP contribution in [-0.2, 0) is 4.74 Å². The van der Waals surface area contributed by atoms with Gasteiger partial charge in [-0.3, -0.25) is 0 Å². The van der Waals surface area contributed by atoms with E-state index in [1.54, 1.807) is 0 Å². The van der Waals surface area contributed by atoms with Gasteiger partial charge >= 0.3 is 0 Å². The minimum Gasteiger partial charge on any atom is -0.390 e. The summed E-state index contributed by atoms with van der Waals surface area (Å²) in [5, 5.41) is 30.3. The van der Waals surface area contributed by atoms with Gasteiger partial charge in [-0.25, -0.2) is 0 Å². The molecule has 7 nitrogen and oxygen atoms in total. The van der Waals surface area contributed by atoms with Gasteiger partial charge in [0.1, 0.15) is 12.1 Å². The molecule has 0 aromatic heterocycles. The topological polar surface area (TPSA) is 119 Å². The molecule has 0 unspecified atom stereocenters. The third-order valence-corrected chi connectivity index (χ3v) is 1.66. The number of ether oxygens (including phenoxy) is 1. The Kier molecular flexibility index (Phi) is 2.85. The standard InChI is InChI=1S/C5H9N3O4/c6-8-7-3-4(10)2(9)1-12-5(3)11/h2-5,9-11H,1H2/t2-,3-,4+,5+/m1/s1. The molecular formula is C5H9N3O4. The molecule has 0 saturated carbocycles. The Morgan fingerprint density at radius 3 is 2.67 bits per heavy atom. The van der Waals surface area contributed by atoms with Crippen LogP contribution in [0.5, 0.6) is 0 Å². The molecule has 0 spiro atoms. The maximum Gasteiger partial charge on any atom is 0.165 e. The average Bonchev–Trinajstić information content (AvgIpc) is 2.06. The SMILES string of the molecule is [N-]=[N+]=N[C@@H]1[C@@H](O)[C@H](O)CO[C@@H]1O. The minimum absolute atomic E-state index is 0.167. The number of aliphatic hydroxyl groups is 3. The molecule has 1 saturated heterocycles. The number of aliphatic hydroxyl groups excluding tert-OH is 3. The van der Waals surface area contributed by atoms with Crippen LogP contribution in [-0.4, -0.2) is 46.5 Å². The number of rotatable bonds is 1. The van der Waals surface area contributed by atoms with E-state index in [0.717, 1.165) is 0 Å². The van der Waals surface area contributed by atoms with Crippen LogP contribution in [0.2, 0.25) is 0 Å². The molecule has 0 radical (unpaired) electrons. The first-order valence-corrected chi connectivity index (χ1v) is 3.37. The highest BCUT2D eigenvalue weighted by atomic mass is 16.6. The van der Waals surface area contributed by atoms with Crippen molar-refractivity contribution in [2.75, 3.05) is 6.61 Å². The summed E-state index contributed by atoms with van der Waals surface area (Å²) in [7, 11) is 0. The Morgan fingerprint density at radius 2 is 2.08 bits per heavy atom. The van der Waals surface area contributed by atoms with Crippen molar-refractivity contribution < 1.29 is 20.1 Å². The van der Waals surface area contributed by atoms with Gasteiger partial charge in [-0.1, -0.05) is 5.11 Å². The Balaban J connectivity index is 2.71. The maximum absolute atomic E-state index is 9.18. The molecule has 0 aromatic rings. The molecule has 1 fully saturated rings. The summed E-state index contributed by atoms with van der Waals surface area (Å²) in [6, 6.07) is -1.14. The highest BCUT2D eigenvalue weighted by Gasteiger charge is 2.37. The highest BCUT2D eigenvalue weighted by Crippen LogP contribution is 2.16. The molecule has 12 heavy (non-hydrogen) atoms. The highest BCUT2D eigenvalue weighted by molar-refractivity contribution is 4.87. The molecule has 0 aliphatic carbocycles. The molecule has 68 valence electrons. The zero-order chi connectivity index (χ0) is 9.14. The van der Waals surface area contributed by atoms with E-state index in [0.29, 0.717) is 0 Å². The predicted molar refractivity (Wildman–Crippen MR) is 36.9 cm³/mol. The normalized spacial score (nSPS) is 41.9. The molecule has 1 heterocycles. The van der Waals surface area contributed by atoms with E-state index in [1.165, 1.54) is 0 Å². The number of hydrogen-bond acceptors (Lipinski definition) is 5. The van der Waals surface area contributed by atoms with E-state index >= 15 is 0 Å². The van der Waals surface area contributed by atoms with Crippen molar-refractivity contribution in [2.45, 2.75) is 24.5 Å².